The summed E-state index contributed by atoms with van der Waals surface area (Å²) in [4.78, 5) is 12.2. The highest BCUT2D eigenvalue weighted by atomic mass is 35.5. The summed E-state index contributed by atoms with van der Waals surface area (Å²) in [6.07, 6.45) is 3.01. The lowest BCUT2D eigenvalue weighted by Gasteiger charge is -2.10. The first-order valence-electron chi connectivity index (χ1n) is 8.47. The maximum absolute atomic E-state index is 13.7. The lowest BCUT2D eigenvalue weighted by Crippen LogP contribution is -2.14. The second-order valence-corrected chi connectivity index (χ2v) is 6.31. The summed E-state index contributed by atoms with van der Waals surface area (Å²) in [7, 11) is 0. The van der Waals surface area contributed by atoms with Crippen LogP contribution in [0.2, 0.25) is 5.02 Å². The van der Waals surface area contributed by atoms with Gasteiger partial charge >= 0.3 is 0 Å². The molecule has 0 aliphatic rings. The molecule has 0 aromatic heterocycles. The van der Waals surface area contributed by atoms with E-state index in [1.165, 1.54) is 12.1 Å². The molecule has 0 aliphatic carbocycles. The third-order valence-electron chi connectivity index (χ3n) is 3.87. The van der Waals surface area contributed by atoms with Gasteiger partial charge in [-0.15, -0.1) is 12.4 Å². The zero-order valence-corrected chi connectivity index (χ0v) is 16.7. The van der Waals surface area contributed by atoms with Crippen molar-refractivity contribution in [3.8, 4) is 0 Å². The first-order chi connectivity index (χ1) is 13.5. The molecule has 148 valence electrons. The van der Waals surface area contributed by atoms with Gasteiger partial charge in [-0.3, -0.25) is 10.2 Å². The van der Waals surface area contributed by atoms with Crippen LogP contribution in [-0.2, 0) is 4.79 Å². The van der Waals surface area contributed by atoms with Crippen molar-refractivity contribution >= 4 is 53.2 Å². The van der Waals surface area contributed by atoms with Gasteiger partial charge in [0, 0.05) is 22.3 Å². The highest BCUT2D eigenvalue weighted by Gasteiger charge is 2.07. The maximum atomic E-state index is 13.7. The average Bonchev–Trinajstić information content (AvgIpc) is 2.69. The van der Waals surface area contributed by atoms with Crippen LogP contribution in [0.4, 0.5) is 15.8 Å². The number of hydrogen-bond donors (Lipinski definition) is 3. The minimum absolute atomic E-state index is 0. The zero-order valence-electron chi connectivity index (χ0n) is 15.2. The van der Waals surface area contributed by atoms with Gasteiger partial charge in [-0.25, -0.2) is 4.39 Å². The van der Waals surface area contributed by atoms with Crippen LogP contribution in [-0.4, -0.2) is 11.7 Å². The Balaban J connectivity index is 0.00000300. The van der Waals surface area contributed by atoms with E-state index in [4.69, 9.17) is 17.0 Å². The third kappa shape index (κ3) is 6.17. The number of carbonyl (C=O) groups is 1. The van der Waals surface area contributed by atoms with Crippen LogP contribution in [0.1, 0.15) is 11.1 Å². The number of amides is 1. The predicted molar refractivity (Wildman–Crippen MR) is 120 cm³/mol. The van der Waals surface area contributed by atoms with Crippen LogP contribution >= 0.6 is 24.0 Å². The number of benzene rings is 3. The molecular formula is C22H18Cl2FN3O. The number of rotatable bonds is 5. The molecule has 0 spiro atoms. The van der Waals surface area contributed by atoms with E-state index in [0.717, 1.165) is 5.56 Å². The highest BCUT2D eigenvalue weighted by Crippen LogP contribution is 2.18. The average molecular weight is 430 g/mol. The minimum atomic E-state index is -0.443. The Morgan fingerprint density at radius 2 is 1.69 bits per heavy atom. The molecule has 4 nitrogen and oxygen atoms in total. The molecule has 0 heterocycles. The molecular weight excluding hydrogens is 412 g/mol. The van der Waals surface area contributed by atoms with Gasteiger partial charge in [0.05, 0.1) is 5.69 Å². The summed E-state index contributed by atoms with van der Waals surface area (Å²) in [6, 6.07) is 20.1. The molecule has 0 unspecified atom stereocenters. The summed E-state index contributed by atoms with van der Waals surface area (Å²) < 4.78 is 13.7. The Bertz CT molecular complexity index is 1050. The van der Waals surface area contributed by atoms with E-state index >= 15 is 0 Å². The molecule has 0 bridgehead atoms. The van der Waals surface area contributed by atoms with Gasteiger partial charge in [0.1, 0.15) is 11.7 Å². The van der Waals surface area contributed by atoms with Crippen molar-refractivity contribution in [3.63, 3.8) is 0 Å². The van der Waals surface area contributed by atoms with Crippen molar-refractivity contribution in [3.05, 3.63) is 101 Å². The van der Waals surface area contributed by atoms with E-state index in [0.29, 0.717) is 16.3 Å². The van der Waals surface area contributed by atoms with Gasteiger partial charge < -0.3 is 10.6 Å². The molecule has 0 saturated heterocycles. The topological polar surface area (TPSA) is 65.0 Å². The van der Waals surface area contributed by atoms with E-state index in [9.17, 15) is 9.18 Å². The number of halogens is 3. The van der Waals surface area contributed by atoms with Gasteiger partial charge in [-0.2, -0.15) is 0 Å². The highest BCUT2D eigenvalue weighted by molar-refractivity contribution is 6.32. The van der Waals surface area contributed by atoms with Crippen molar-refractivity contribution in [2.24, 2.45) is 0 Å². The van der Waals surface area contributed by atoms with Gasteiger partial charge in [0.15, 0.2) is 0 Å². The van der Waals surface area contributed by atoms with Crippen LogP contribution in [0.3, 0.4) is 0 Å². The molecule has 1 amide bonds. The molecule has 3 rings (SSSR count). The number of para-hydroxylation sites is 1. The van der Waals surface area contributed by atoms with Crippen molar-refractivity contribution in [1.29, 1.82) is 5.41 Å². The van der Waals surface area contributed by atoms with Crippen LogP contribution < -0.4 is 10.6 Å². The smallest absolute Gasteiger partial charge is 0.248 e. The Hall–Kier alpha value is -3.15. The molecule has 0 fully saturated rings. The number of hydrogen-bond acceptors (Lipinski definition) is 2. The van der Waals surface area contributed by atoms with Crippen molar-refractivity contribution in [2.75, 3.05) is 10.6 Å². The zero-order chi connectivity index (χ0) is 19.9. The monoisotopic (exact) mass is 429 g/mol. The van der Waals surface area contributed by atoms with E-state index in [2.05, 4.69) is 10.6 Å². The normalized spacial score (nSPS) is 10.3. The molecule has 7 heteroatoms. The molecule has 0 atom stereocenters. The molecule has 29 heavy (non-hydrogen) atoms. The Morgan fingerprint density at radius 1 is 0.966 bits per heavy atom. The molecule has 0 radical (unpaired) electrons. The first-order valence-corrected chi connectivity index (χ1v) is 8.85. The van der Waals surface area contributed by atoms with Gasteiger partial charge in [0.2, 0.25) is 5.91 Å². The lowest BCUT2D eigenvalue weighted by molar-refractivity contribution is -0.111. The van der Waals surface area contributed by atoms with Gasteiger partial charge in [-0.1, -0.05) is 54.1 Å². The molecule has 3 aromatic rings. The van der Waals surface area contributed by atoms with Crippen molar-refractivity contribution in [2.45, 2.75) is 0 Å². The third-order valence-corrected chi connectivity index (χ3v) is 4.22. The number of amidine groups is 1. The fourth-order valence-corrected chi connectivity index (χ4v) is 2.68. The van der Waals surface area contributed by atoms with E-state index in [1.54, 1.807) is 54.6 Å². The second kappa shape index (κ2) is 10.4. The van der Waals surface area contributed by atoms with Crippen LogP contribution in [0.25, 0.3) is 6.08 Å². The number of anilines is 2. The SMILES string of the molecule is Cl.N=C(Nc1ccccc1F)c1cccc(NC(=O)/C=C/c2ccccc2Cl)c1. The summed E-state index contributed by atoms with van der Waals surface area (Å²) in [6.45, 7) is 0. The van der Waals surface area contributed by atoms with Gasteiger partial charge in [-0.05, 0) is 42.0 Å². The molecule has 0 aliphatic heterocycles. The van der Waals surface area contributed by atoms with Crippen LogP contribution in [0.15, 0.2) is 78.9 Å². The van der Waals surface area contributed by atoms with E-state index < -0.39 is 5.82 Å². The molecule has 0 saturated carbocycles. The minimum Gasteiger partial charge on any atom is -0.338 e. The van der Waals surface area contributed by atoms with E-state index in [1.807, 2.05) is 18.2 Å². The lowest BCUT2D eigenvalue weighted by atomic mass is 10.1. The predicted octanol–water partition coefficient (Wildman–Crippen LogP) is 5.99. The summed E-state index contributed by atoms with van der Waals surface area (Å²) in [5.41, 5.74) is 1.98. The fourth-order valence-electron chi connectivity index (χ4n) is 2.48. The van der Waals surface area contributed by atoms with Crippen LogP contribution in [0, 0.1) is 11.2 Å². The second-order valence-electron chi connectivity index (χ2n) is 5.90. The standard InChI is InChI=1S/C22H17ClFN3O.ClH/c23-18-9-2-1-6-15(18)12-13-21(28)26-17-8-5-7-16(14-17)22(25)27-20-11-4-3-10-19(20)24;/h1-14H,(H2,25,27)(H,26,28);1H/b13-12+;. The summed E-state index contributed by atoms with van der Waals surface area (Å²) in [5, 5.41) is 14.2. The van der Waals surface area contributed by atoms with Crippen LogP contribution in [0.5, 0.6) is 0 Å². The first kappa shape index (κ1) is 22.1. The molecule has 3 aromatic carbocycles. The largest absolute Gasteiger partial charge is 0.338 e. The number of nitrogens with one attached hydrogen (secondary N) is 3. The Kier molecular flexibility index (Phi) is 7.95. The van der Waals surface area contributed by atoms with Crippen molar-refractivity contribution < 1.29 is 9.18 Å². The van der Waals surface area contributed by atoms with E-state index in [-0.39, 0.29) is 29.8 Å². The Labute approximate surface area is 179 Å². The molecule has 3 N–H and O–H groups in total. The number of carbonyl (C=O) groups excluding carboxylic acids is 1. The summed E-state index contributed by atoms with van der Waals surface area (Å²) in [5.74, 6) is -0.750. The fraction of sp³-hybridized carbons (Fsp3) is 0. The van der Waals surface area contributed by atoms with Gasteiger partial charge in [0.25, 0.3) is 0 Å². The maximum Gasteiger partial charge on any atom is 0.248 e. The van der Waals surface area contributed by atoms with Crippen molar-refractivity contribution in [1.82, 2.24) is 0 Å². The quantitative estimate of drug-likeness (QED) is 0.265. The Morgan fingerprint density at radius 3 is 2.45 bits per heavy atom. The summed E-state index contributed by atoms with van der Waals surface area (Å²) >= 11 is 6.06.